The fourth-order valence-corrected chi connectivity index (χ4v) is 0.397. The number of rotatable bonds is 4. The minimum atomic E-state index is -0.333. The van der Waals surface area contributed by atoms with Gasteiger partial charge in [-0.25, -0.2) is 4.79 Å². The molecule has 0 radical (unpaired) electrons. The summed E-state index contributed by atoms with van der Waals surface area (Å²) in [7, 11) is 1.46. The van der Waals surface area contributed by atoms with Crippen LogP contribution in [0.15, 0.2) is 12.2 Å². The standard InChI is InChI=1S/C7H12O3/c1-3-4-5-10-7(8)6-9-2/h3-4H,5-6H2,1-2H3/b4-3+. The van der Waals surface area contributed by atoms with E-state index in [-0.39, 0.29) is 12.6 Å². The van der Waals surface area contributed by atoms with Gasteiger partial charge in [0.1, 0.15) is 13.2 Å². The van der Waals surface area contributed by atoms with Crippen molar-refractivity contribution in [3.8, 4) is 0 Å². The third kappa shape index (κ3) is 5.31. The molecular formula is C7H12O3. The molecule has 0 amide bonds. The van der Waals surface area contributed by atoms with Crippen LogP contribution in [0.5, 0.6) is 0 Å². The maximum Gasteiger partial charge on any atom is 0.332 e. The van der Waals surface area contributed by atoms with Crippen LogP contribution in [-0.4, -0.2) is 26.3 Å². The van der Waals surface area contributed by atoms with Gasteiger partial charge < -0.3 is 9.47 Å². The Morgan fingerprint density at radius 3 is 2.80 bits per heavy atom. The van der Waals surface area contributed by atoms with E-state index in [1.807, 2.05) is 13.0 Å². The third-order valence-electron chi connectivity index (χ3n) is 0.838. The summed E-state index contributed by atoms with van der Waals surface area (Å²) in [6.07, 6.45) is 3.58. The van der Waals surface area contributed by atoms with E-state index in [9.17, 15) is 4.79 Å². The van der Waals surface area contributed by atoms with Gasteiger partial charge in [-0.3, -0.25) is 0 Å². The number of ether oxygens (including phenoxy) is 2. The molecule has 3 heteroatoms. The largest absolute Gasteiger partial charge is 0.460 e. The Morgan fingerprint density at radius 1 is 1.60 bits per heavy atom. The molecule has 0 rings (SSSR count). The van der Waals surface area contributed by atoms with E-state index in [4.69, 9.17) is 0 Å². The molecule has 58 valence electrons. The van der Waals surface area contributed by atoms with Crippen LogP contribution in [0.1, 0.15) is 6.92 Å². The van der Waals surface area contributed by atoms with E-state index in [0.717, 1.165) is 0 Å². The van der Waals surface area contributed by atoms with Gasteiger partial charge in [0.25, 0.3) is 0 Å². The van der Waals surface area contributed by atoms with Crippen molar-refractivity contribution in [2.24, 2.45) is 0 Å². The van der Waals surface area contributed by atoms with Crippen LogP contribution in [0.4, 0.5) is 0 Å². The van der Waals surface area contributed by atoms with Gasteiger partial charge in [0, 0.05) is 7.11 Å². The normalized spacial score (nSPS) is 10.2. The van der Waals surface area contributed by atoms with Crippen molar-refractivity contribution in [2.45, 2.75) is 6.92 Å². The second-order valence-corrected chi connectivity index (χ2v) is 1.69. The van der Waals surface area contributed by atoms with Crippen LogP contribution in [0.3, 0.4) is 0 Å². The fraction of sp³-hybridized carbons (Fsp3) is 0.571. The minimum Gasteiger partial charge on any atom is -0.460 e. The second kappa shape index (κ2) is 6.29. The van der Waals surface area contributed by atoms with Gasteiger partial charge in [-0.1, -0.05) is 12.2 Å². The molecule has 0 fully saturated rings. The van der Waals surface area contributed by atoms with Crippen LogP contribution in [0.25, 0.3) is 0 Å². The number of esters is 1. The predicted molar refractivity (Wildman–Crippen MR) is 37.6 cm³/mol. The average Bonchev–Trinajstić information content (AvgIpc) is 1.89. The first kappa shape index (κ1) is 9.17. The summed E-state index contributed by atoms with van der Waals surface area (Å²) >= 11 is 0. The number of hydrogen-bond acceptors (Lipinski definition) is 3. The summed E-state index contributed by atoms with van der Waals surface area (Å²) in [5, 5.41) is 0. The van der Waals surface area contributed by atoms with E-state index in [0.29, 0.717) is 6.61 Å². The number of allylic oxidation sites excluding steroid dienone is 1. The summed E-state index contributed by atoms with van der Waals surface area (Å²) in [6, 6.07) is 0. The van der Waals surface area contributed by atoms with Crippen molar-refractivity contribution < 1.29 is 14.3 Å². The van der Waals surface area contributed by atoms with E-state index >= 15 is 0 Å². The number of methoxy groups -OCH3 is 1. The molecule has 0 aliphatic carbocycles. The van der Waals surface area contributed by atoms with Crippen molar-refractivity contribution in [3.63, 3.8) is 0 Å². The van der Waals surface area contributed by atoms with Gasteiger partial charge >= 0.3 is 5.97 Å². The summed E-state index contributed by atoms with van der Waals surface area (Å²) < 4.78 is 9.21. The smallest absolute Gasteiger partial charge is 0.332 e. The van der Waals surface area contributed by atoms with Gasteiger partial charge in [0.05, 0.1) is 0 Å². The molecule has 0 aromatic heterocycles. The summed E-state index contributed by atoms with van der Waals surface area (Å²) in [6.45, 7) is 2.22. The lowest BCUT2D eigenvalue weighted by Gasteiger charge is -1.98. The second-order valence-electron chi connectivity index (χ2n) is 1.69. The van der Waals surface area contributed by atoms with Crippen molar-refractivity contribution in [2.75, 3.05) is 20.3 Å². The molecule has 0 aliphatic heterocycles. The van der Waals surface area contributed by atoms with Gasteiger partial charge in [0.2, 0.25) is 0 Å². The highest BCUT2D eigenvalue weighted by atomic mass is 16.6. The Hall–Kier alpha value is -0.830. The Balaban J connectivity index is 3.21. The summed E-state index contributed by atoms with van der Waals surface area (Å²) in [5.41, 5.74) is 0. The Morgan fingerprint density at radius 2 is 2.30 bits per heavy atom. The van der Waals surface area contributed by atoms with Crippen LogP contribution in [-0.2, 0) is 14.3 Å². The minimum absolute atomic E-state index is 0.0254. The molecule has 0 saturated carbocycles. The topological polar surface area (TPSA) is 35.5 Å². The van der Waals surface area contributed by atoms with Crippen LogP contribution < -0.4 is 0 Å². The first-order valence-corrected chi connectivity index (χ1v) is 3.07. The summed E-state index contributed by atoms with van der Waals surface area (Å²) in [4.78, 5) is 10.5. The maximum absolute atomic E-state index is 10.5. The molecule has 3 nitrogen and oxygen atoms in total. The van der Waals surface area contributed by atoms with Gasteiger partial charge in [-0.2, -0.15) is 0 Å². The monoisotopic (exact) mass is 144 g/mol. The molecule has 0 aromatic carbocycles. The van der Waals surface area contributed by atoms with E-state index < -0.39 is 0 Å². The highest BCUT2D eigenvalue weighted by Gasteiger charge is 1.97. The van der Waals surface area contributed by atoms with E-state index in [2.05, 4.69) is 9.47 Å². The molecule has 0 atom stereocenters. The van der Waals surface area contributed by atoms with Crippen LogP contribution >= 0.6 is 0 Å². The van der Waals surface area contributed by atoms with E-state index in [1.165, 1.54) is 7.11 Å². The first-order chi connectivity index (χ1) is 4.81. The molecule has 0 aliphatic rings. The van der Waals surface area contributed by atoms with Gasteiger partial charge in [-0.05, 0) is 6.92 Å². The van der Waals surface area contributed by atoms with Crippen molar-refractivity contribution >= 4 is 5.97 Å². The quantitative estimate of drug-likeness (QED) is 0.431. The zero-order chi connectivity index (χ0) is 7.82. The Bertz CT molecular complexity index is 118. The lowest BCUT2D eigenvalue weighted by atomic mass is 10.5. The molecule has 0 aromatic rings. The van der Waals surface area contributed by atoms with Crippen molar-refractivity contribution in [3.05, 3.63) is 12.2 Å². The predicted octanol–water partition coefficient (Wildman–Crippen LogP) is 0.752. The third-order valence-corrected chi connectivity index (χ3v) is 0.838. The molecular weight excluding hydrogens is 132 g/mol. The van der Waals surface area contributed by atoms with Gasteiger partial charge in [0.15, 0.2) is 0 Å². The Kier molecular flexibility index (Phi) is 5.77. The first-order valence-electron chi connectivity index (χ1n) is 3.07. The number of hydrogen-bond donors (Lipinski definition) is 0. The lowest BCUT2D eigenvalue weighted by molar-refractivity contribution is -0.146. The average molecular weight is 144 g/mol. The maximum atomic E-state index is 10.5. The van der Waals surface area contributed by atoms with Crippen LogP contribution in [0, 0.1) is 0 Å². The molecule has 0 bridgehead atoms. The Labute approximate surface area is 60.6 Å². The summed E-state index contributed by atoms with van der Waals surface area (Å²) in [5.74, 6) is -0.333. The zero-order valence-electron chi connectivity index (χ0n) is 6.29. The molecule has 0 saturated heterocycles. The van der Waals surface area contributed by atoms with Gasteiger partial charge in [-0.15, -0.1) is 0 Å². The number of carbonyl (C=O) groups excluding carboxylic acids is 1. The zero-order valence-corrected chi connectivity index (χ0v) is 6.29. The lowest BCUT2D eigenvalue weighted by Crippen LogP contribution is -2.10. The molecule has 0 heterocycles. The van der Waals surface area contributed by atoms with Crippen molar-refractivity contribution in [1.29, 1.82) is 0 Å². The molecule has 0 spiro atoms. The molecule has 0 N–H and O–H groups in total. The molecule has 0 unspecified atom stereocenters. The molecule has 10 heavy (non-hydrogen) atoms. The van der Waals surface area contributed by atoms with E-state index in [1.54, 1.807) is 6.08 Å². The highest BCUT2D eigenvalue weighted by Crippen LogP contribution is 1.80. The van der Waals surface area contributed by atoms with Crippen LogP contribution in [0.2, 0.25) is 0 Å². The number of carbonyl (C=O) groups is 1. The van der Waals surface area contributed by atoms with Crippen molar-refractivity contribution in [1.82, 2.24) is 0 Å². The SMILES string of the molecule is C/C=C/COC(=O)COC. The fourth-order valence-electron chi connectivity index (χ4n) is 0.397. The highest BCUT2D eigenvalue weighted by molar-refractivity contribution is 5.70.